The van der Waals surface area contributed by atoms with Crippen LogP contribution in [0.15, 0.2) is 6.07 Å². The molecule has 1 heterocycles. The summed E-state index contributed by atoms with van der Waals surface area (Å²) in [6.45, 7) is 0. The molecule has 6 nitrogen and oxygen atoms in total. The molecule has 0 spiro atoms. The topological polar surface area (TPSA) is 92.2 Å². The molecule has 88 valence electrons. The average Bonchev–Trinajstić information content (AvgIpc) is 2.72. The molecule has 2 rings (SSSR count). The van der Waals surface area contributed by atoms with Gasteiger partial charge in [0.15, 0.2) is 0 Å². The van der Waals surface area contributed by atoms with Gasteiger partial charge in [0.05, 0.1) is 27.5 Å². The molecule has 0 aliphatic carbocycles. The van der Waals surface area contributed by atoms with Gasteiger partial charge in [0.1, 0.15) is 11.0 Å². The standard InChI is InChI=1S/C8H3Cl2N3O3S/c9-2-1-3(10)5-6(13-17-12-5)4(2)11-7(14)8(15)16/h1H,(H,11,14)(H,15,16). The summed E-state index contributed by atoms with van der Waals surface area (Å²) in [6, 6.07) is 1.37. The molecule has 2 aromatic rings. The van der Waals surface area contributed by atoms with E-state index in [2.05, 4.69) is 14.1 Å². The number of amides is 1. The van der Waals surface area contributed by atoms with Gasteiger partial charge in [-0.25, -0.2) is 4.79 Å². The summed E-state index contributed by atoms with van der Waals surface area (Å²) in [6.07, 6.45) is 0. The minimum absolute atomic E-state index is 0.0900. The highest BCUT2D eigenvalue weighted by molar-refractivity contribution is 7.00. The van der Waals surface area contributed by atoms with Crippen molar-refractivity contribution in [2.24, 2.45) is 0 Å². The third-order valence-electron chi connectivity index (χ3n) is 1.88. The molecule has 0 saturated carbocycles. The van der Waals surface area contributed by atoms with Crippen molar-refractivity contribution in [3.63, 3.8) is 0 Å². The number of carboxylic acid groups (broad SMARTS) is 1. The second-order valence-electron chi connectivity index (χ2n) is 2.94. The van der Waals surface area contributed by atoms with Crippen molar-refractivity contribution in [1.82, 2.24) is 8.75 Å². The molecule has 1 aromatic heterocycles. The number of aliphatic carboxylic acids is 1. The lowest BCUT2D eigenvalue weighted by Gasteiger charge is -2.05. The fourth-order valence-electron chi connectivity index (χ4n) is 1.16. The van der Waals surface area contributed by atoms with Crippen molar-refractivity contribution in [3.05, 3.63) is 16.1 Å². The molecule has 0 fully saturated rings. The number of hydrogen-bond donors (Lipinski definition) is 2. The first-order valence-electron chi connectivity index (χ1n) is 4.15. The Morgan fingerprint density at radius 1 is 1.24 bits per heavy atom. The maximum absolute atomic E-state index is 11.1. The SMILES string of the molecule is O=C(O)C(=O)Nc1c(Cl)cc(Cl)c2nsnc12. The maximum Gasteiger partial charge on any atom is 0.394 e. The van der Waals surface area contributed by atoms with E-state index in [4.69, 9.17) is 28.3 Å². The number of carboxylic acids is 1. The van der Waals surface area contributed by atoms with Gasteiger partial charge in [-0.1, -0.05) is 23.2 Å². The Labute approximate surface area is 108 Å². The number of aromatic nitrogens is 2. The number of carbonyl (C=O) groups excluding carboxylic acids is 1. The lowest BCUT2D eigenvalue weighted by atomic mass is 10.2. The molecule has 9 heteroatoms. The van der Waals surface area contributed by atoms with Gasteiger partial charge >= 0.3 is 11.9 Å². The van der Waals surface area contributed by atoms with Crippen LogP contribution in [0.2, 0.25) is 10.0 Å². The Bertz CT molecular complexity index is 628. The molecular formula is C8H3Cl2N3O3S. The van der Waals surface area contributed by atoms with Gasteiger partial charge in [0, 0.05) is 0 Å². The van der Waals surface area contributed by atoms with Crippen LogP contribution in [-0.4, -0.2) is 25.7 Å². The van der Waals surface area contributed by atoms with Gasteiger partial charge in [-0.2, -0.15) is 8.75 Å². The van der Waals surface area contributed by atoms with Crippen molar-refractivity contribution in [2.45, 2.75) is 0 Å². The fraction of sp³-hybridized carbons (Fsp3) is 0. The molecule has 1 amide bonds. The van der Waals surface area contributed by atoms with Gasteiger partial charge in [-0.05, 0) is 6.07 Å². The number of nitrogens with one attached hydrogen (secondary N) is 1. The zero-order valence-corrected chi connectivity index (χ0v) is 10.2. The second-order valence-corrected chi connectivity index (χ2v) is 4.28. The summed E-state index contributed by atoms with van der Waals surface area (Å²) in [4.78, 5) is 21.5. The highest BCUT2D eigenvalue weighted by atomic mass is 35.5. The van der Waals surface area contributed by atoms with E-state index in [1.54, 1.807) is 0 Å². The number of hydrogen-bond acceptors (Lipinski definition) is 5. The van der Waals surface area contributed by atoms with E-state index in [1.165, 1.54) is 6.07 Å². The van der Waals surface area contributed by atoms with E-state index >= 15 is 0 Å². The van der Waals surface area contributed by atoms with Gasteiger partial charge in [-0.3, -0.25) is 4.79 Å². The summed E-state index contributed by atoms with van der Waals surface area (Å²) < 4.78 is 7.82. The smallest absolute Gasteiger partial charge is 0.394 e. The summed E-state index contributed by atoms with van der Waals surface area (Å²) in [7, 11) is 0. The molecule has 0 atom stereocenters. The van der Waals surface area contributed by atoms with Crippen molar-refractivity contribution < 1.29 is 14.7 Å². The Kier molecular flexibility index (Phi) is 3.14. The van der Waals surface area contributed by atoms with Crippen molar-refractivity contribution in [3.8, 4) is 0 Å². The predicted molar refractivity (Wildman–Crippen MR) is 63.7 cm³/mol. The average molecular weight is 292 g/mol. The van der Waals surface area contributed by atoms with Crippen LogP contribution >= 0.6 is 34.9 Å². The van der Waals surface area contributed by atoms with Gasteiger partial charge < -0.3 is 10.4 Å². The summed E-state index contributed by atoms with van der Waals surface area (Å²) in [5.41, 5.74) is 0.719. The molecule has 0 saturated heterocycles. The number of benzene rings is 1. The number of carbonyl (C=O) groups is 2. The quantitative estimate of drug-likeness (QED) is 0.784. The maximum atomic E-state index is 11.1. The third kappa shape index (κ3) is 2.17. The van der Waals surface area contributed by atoms with Crippen molar-refractivity contribution >= 4 is 63.5 Å². The molecule has 0 radical (unpaired) electrons. The van der Waals surface area contributed by atoms with Gasteiger partial charge in [0.25, 0.3) is 0 Å². The number of anilines is 1. The molecule has 2 N–H and O–H groups in total. The highest BCUT2D eigenvalue weighted by Crippen LogP contribution is 2.35. The van der Waals surface area contributed by atoms with Crippen LogP contribution in [0.1, 0.15) is 0 Å². The molecule has 1 aromatic carbocycles. The van der Waals surface area contributed by atoms with Crippen LogP contribution in [0.5, 0.6) is 0 Å². The molecule has 0 aliphatic heterocycles. The van der Waals surface area contributed by atoms with E-state index in [-0.39, 0.29) is 21.2 Å². The molecule has 17 heavy (non-hydrogen) atoms. The normalized spacial score (nSPS) is 10.5. The minimum atomic E-state index is -1.62. The summed E-state index contributed by atoms with van der Waals surface area (Å²) in [5, 5.41) is 11.0. The van der Waals surface area contributed by atoms with Crippen LogP contribution in [0.4, 0.5) is 5.69 Å². The monoisotopic (exact) mass is 291 g/mol. The number of rotatable bonds is 1. The van der Waals surface area contributed by atoms with Crippen molar-refractivity contribution in [1.29, 1.82) is 0 Å². The first-order chi connectivity index (χ1) is 8.00. The lowest BCUT2D eigenvalue weighted by Crippen LogP contribution is -2.22. The Balaban J connectivity index is 2.56. The predicted octanol–water partition coefficient (Wildman–Crippen LogP) is 2.02. The van der Waals surface area contributed by atoms with E-state index in [0.29, 0.717) is 5.52 Å². The third-order valence-corrected chi connectivity index (χ3v) is 2.99. The number of fused-ring (bicyclic) bond motifs is 1. The van der Waals surface area contributed by atoms with Crippen LogP contribution in [0, 0.1) is 0 Å². The van der Waals surface area contributed by atoms with Gasteiger partial charge in [-0.15, -0.1) is 0 Å². The molecule has 0 aliphatic rings. The summed E-state index contributed by atoms with van der Waals surface area (Å²) in [5.74, 6) is -2.82. The first kappa shape index (κ1) is 12.0. The van der Waals surface area contributed by atoms with Crippen LogP contribution < -0.4 is 5.32 Å². The summed E-state index contributed by atoms with van der Waals surface area (Å²) >= 11 is 12.6. The minimum Gasteiger partial charge on any atom is -0.474 e. The lowest BCUT2D eigenvalue weighted by molar-refractivity contribution is -0.147. The Hall–Kier alpha value is -1.44. The van der Waals surface area contributed by atoms with E-state index in [0.717, 1.165) is 11.7 Å². The number of nitrogens with zero attached hydrogens (tertiary/aromatic N) is 2. The van der Waals surface area contributed by atoms with E-state index in [9.17, 15) is 9.59 Å². The molecular weight excluding hydrogens is 289 g/mol. The zero-order valence-electron chi connectivity index (χ0n) is 7.90. The fourth-order valence-corrected chi connectivity index (χ4v) is 2.32. The zero-order chi connectivity index (χ0) is 12.6. The van der Waals surface area contributed by atoms with E-state index < -0.39 is 11.9 Å². The second kappa shape index (κ2) is 4.44. The Morgan fingerprint density at radius 3 is 2.53 bits per heavy atom. The first-order valence-corrected chi connectivity index (χ1v) is 5.64. The highest BCUT2D eigenvalue weighted by Gasteiger charge is 2.19. The van der Waals surface area contributed by atoms with Crippen LogP contribution in [0.25, 0.3) is 11.0 Å². The molecule has 0 unspecified atom stereocenters. The largest absolute Gasteiger partial charge is 0.474 e. The molecule has 0 bridgehead atoms. The number of halogens is 2. The van der Waals surface area contributed by atoms with Crippen LogP contribution in [-0.2, 0) is 9.59 Å². The van der Waals surface area contributed by atoms with Crippen LogP contribution in [0.3, 0.4) is 0 Å². The van der Waals surface area contributed by atoms with Gasteiger partial charge in [0.2, 0.25) is 0 Å². The van der Waals surface area contributed by atoms with Crippen molar-refractivity contribution in [2.75, 3.05) is 5.32 Å². The Morgan fingerprint density at radius 2 is 1.88 bits per heavy atom. The van der Waals surface area contributed by atoms with E-state index in [1.807, 2.05) is 0 Å².